The predicted molar refractivity (Wildman–Crippen MR) is 73.6 cm³/mol. The Morgan fingerprint density at radius 1 is 1.45 bits per heavy atom. The van der Waals surface area contributed by atoms with Crippen molar-refractivity contribution in [3.63, 3.8) is 0 Å². The van der Waals surface area contributed by atoms with Gasteiger partial charge in [-0.15, -0.1) is 10.2 Å². The molecule has 2 rings (SSSR count). The van der Waals surface area contributed by atoms with Gasteiger partial charge in [0.2, 0.25) is 0 Å². The Kier molecular flexibility index (Phi) is 5.11. The Hall–Kier alpha value is -0.990. The van der Waals surface area contributed by atoms with E-state index in [1.807, 2.05) is 0 Å². The summed E-state index contributed by atoms with van der Waals surface area (Å²) in [6, 6.07) is 0. The number of rotatable bonds is 5. The number of aryl methyl sites for hydroxylation is 1. The largest absolute Gasteiger partial charge is 0.385 e. The van der Waals surface area contributed by atoms with E-state index in [1.165, 1.54) is 10.9 Å². The fourth-order valence-corrected chi connectivity index (χ4v) is 4.12. The Morgan fingerprint density at radius 2 is 2.25 bits per heavy atom. The molecule has 0 N–H and O–H groups in total. The molecule has 1 aliphatic heterocycles. The van der Waals surface area contributed by atoms with E-state index in [4.69, 9.17) is 4.74 Å². The molecule has 0 aliphatic carbocycles. The van der Waals surface area contributed by atoms with Crippen LogP contribution in [0.5, 0.6) is 0 Å². The molecule has 1 aromatic heterocycles. The van der Waals surface area contributed by atoms with Gasteiger partial charge >= 0.3 is 0 Å². The predicted octanol–water partition coefficient (Wildman–Crippen LogP) is 0.642. The van der Waals surface area contributed by atoms with Crippen LogP contribution >= 0.6 is 0 Å². The summed E-state index contributed by atoms with van der Waals surface area (Å²) >= 11 is 0. The number of nitrogens with zero attached hydrogens (tertiary/aromatic N) is 4. The molecule has 1 unspecified atom stereocenters. The minimum atomic E-state index is -3.55. The van der Waals surface area contributed by atoms with E-state index in [1.54, 1.807) is 18.5 Å². The van der Waals surface area contributed by atoms with Gasteiger partial charge in [-0.2, -0.15) is 4.31 Å². The highest BCUT2D eigenvalue weighted by Gasteiger charge is 2.31. The lowest BCUT2D eigenvalue weighted by atomic mass is 10.0. The first-order chi connectivity index (χ1) is 9.55. The summed E-state index contributed by atoms with van der Waals surface area (Å²) in [5, 5.41) is 7.42. The lowest BCUT2D eigenvalue weighted by Gasteiger charge is -2.23. The van der Waals surface area contributed by atoms with Crippen LogP contribution in [0.1, 0.15) is 25.7 Å². The van der Waals surface area contributed by atoms with Crippen molar-refractivity contribution in [3.05, 3.63) is 6.33 Å². The molecule has 114 valence electrons. The van der Waals surface area contributed by atoms with Crippen molar-refractivity contribution in [3.8, 4) is 0 Å². The van der Waals surface area contributed by atoms with Crippen molar-refractivity contribution in [1.82, 2.24) is 19.1 Å². The van der Waals surface area contributed by atoms with E-state index >= 15 is 0 Å². The number of ether oxygens (including phenoxy) is 1. The van der Waals surface area contributed by atoms with Crippen LogP contribution in [0.3, 0.4) is 0 Å². The first-order valence-electron chi connectivity index (χ1n) is 6.88. The Morgan fingerprint density at radius 3 is 2.90 bits per heavy atom. The molecule has 1 saturated heterocycles. The van der Waals surface area contributed by atoms with Crippen LogP contribution in [0, 0.1) is 5.92 Å². The van der Waals surface area contributed by atoms with Gasteiger partial charge in [-0.05, 0) is 25.2 Å². The summed E-state index contributed by atoms with van der Waals surface area (Å²) in [5.74, 6) is 0.348. The Bertz CT molecular complexity index is 529. The van der Waals surface area contributed by atoms with Crippen LogP contribution in [0.2, 0.25) is 0 Å². The summed E-state index contributed by atoms with van der Waals surface area (Å²) in [6.45, 7) is 1.76. The molecule has 0 aromatic carbocycles. The van der Waals surface area contributed by atoms with Crippen LogP contribution in [0.15, 0.2) is 11.5 Å². The van der Waals surface area contributed by atoms with Gasteiger partial charge in [-0.25, -0.2) is 8.42 Å². The maximum absolute atomic E-state index is 12.6. The highest BCUT2D eigenvalue weighted by atomic mass is 32.2. The maximum atomic E-state index is 12.6. The van der Waals surface area contributed by atoms with Crippen molar-refractivity contribution in [2.75, 3.05) is 26.8 Å². The van der Waals surface area contributed by atoms with Crippen molar-refractivity contribution in [2.45, 2.75) is 30.8 Å². The van der Waals surface area contributed by atoms with Crippen LogP contribution in [0.25, 0.3) is 0 Å². The second-order valence-corrected chi connectivity index (χ2v) is 7.06. The van der Waals surface area contributed by atoms with E-state index in [0.29, 0.717) is 25.6 Å². The number of methoxy groups -OCH3 is 1. The zero-order chi connectivity index (χ0) is 14.6. The van der Waals surface area contributed by atoms with Gasteiger partial charge < -0.3 is 9.30 Å². The third-order valence-corrected chi connectivity index (χ3v) is 5.54. The van der Waals surface area contributed by atoms with Gasteiger partial charge in [-0.3, -0.25) is 0 Å². The molecule has 1 aliphatic rings. The first kappa shape index (κ1) is 15.4. The molecule has 0 saturated carbocycles. The highest BCUT2D eigenvalue weighted by Crippen LogP contribution is 2.23. The van der Waals surface area contributed by atoms with E-state index in [0.717, 1.165) is 25.7 Å². The average molecular weight is 302 g/mol. The molecule has 7 nitrogen and oxygen atoms in total. The van der Waals surface area contributed by atoms with Gasteiger partial charge in [0.15, 0.2) is 0 Å². The highest BCUT2D eigenvalue weighted by molar-refractivity contribution is 7.89. The van der Waals surface area contributed by atoms with Crippen LogP contribution < -0.4 is 0 Å². The molecule has 20 heavy (non-hydrogen) atoms. The fraction of sp³-hybridized carbons (Fsp3) is 0.833. The molecule has 2 heterocycles. The van der Waals surface area contributed by atoms with Gasteiger partial charge in [0, 0.05) is 33.9 Å². The smallest absolute Gasteiger partial charge is 0.278 e. The van der Waals surface area contributed by atoms with Crippen molar-refractivity contribution < 1.29 is 13.2 Å². The summed E-state index contributed by atoms with van der Waals surface area (Å²) in [4.78, 5) is 0. The van der Waals surface area contributed by atoms with Gasteiger partial charge in [0.1, 0.15) is 6.33 Å². The van der Waals surface area contributed by atoms with Crippen LogP contribution in [0.4, 0.5) is 0 Å². The van der Waals surface area contributed by atoms with E-state index < -0.39 is 10.0 Å². The minimum absolute atomic E-state index is 0.0184. The summed E-state index contributed by atoms with van der Waals surface area (Å²) in [6.07, 6.45) is 5.29. The lowest BCUT2D eigenvalue weighted by Crippen LogP contribution is -2.36. The molecular formula is C12H22N4O3S. The maximum Gasteiger partial charge on any atom is 0.278 e. The number of hydrogen-bond donors (Lipinski definition) is 0. The van der Waals surface area contributed by atoms with Gasteiger partial charge in [0.25, 0.3) is 15.2 Å². The second kappa shape index (κ2) is 6.64. The topological polar surface area (TPSA) is 77.3 Å². The SMILES string of the molecule is COCCC1CCCCN(S(=O)(=O)c2nncn2C)C1. The van der Waals surface area contributed by atoms with Crippen molar-refractivity contribution in [1.29, 1.82) is 0 Å². The number of hydrogen-bond acceptors (Lipinski definition) is 5. The normalized spacial score (nSPS) is 21.8. The quantitative estimate of drug-likeness (QED) is 0.798. The molecule has 1 atom stereocenters. The molecule has 8 heteroatoms. The third-order valence-electron chi connectivity index (χ3n) is 3.70. The molecule has 0 radical (unpaired) electrons. The van der Waals surface area contributed by atoms with Gasteiger partial charge in [-0.1, -0.05) is 6.42 Å². The van der Waals surface area contributed by atoms with E-state index in [-0.39, 0.29) is 5.16 Å². The Labute approximate surface area is 120 Å². The van der Waals surface area contributed by atoms with Gasteiger partial charge in [0.05, 0.1) is 0 Å². The zero-order valence-electron chi connectivity index (χ0n) is 12.0. The summed E-state index contributed by atoms with van der Waals surface area (Å²) in [7, 11) is -0.231. The molecular weight excluding hydrogens is 280 g/mol. The van der Waals surface area contributed by atoms with Crippen molar-refractivity contribution >= 4 is 10.0 Å². The molecule has 0 amide bonds. The van der Waals surface area contributed by atoms with Crippen LogP contribution in [-0.4, -0.2) is 54.3 Å². The average Bonchev–Trinajstić information content (AvgIpc) is 2.72. The molecule has 0 bridgehead atoms. The number of aromatic nitrogens is 3. The first-order valence-corrected chi connectivity index (χ1v) is 8.33. The Balaban J connectivity index is 2.15. The summed E-state index contributed by atoms with van der Waals surface area (Å²) in [5.41, 5.74) is 0. The second-order valence-electron chi connectivity index (χ2n) is 5.23. The zero-order valence-corrected chi connectivity index (χ0v) is 12.8. The van der Waals surface area contributed by atoms with Crippen molar-refractivity contribution in [2.24, 2.45) is 13.0 Å². The molecule has 1 aromatic rings. The van der Waals surface area contributed by atoms with Crippen LogP contribution in [-0.2, 0) is 21.8 Å². The van der Waals surface area contributed by atoms with E-state index in [2.05, 4.69) is 10.2 Å². The standard InChI is InChI=1S/C12H22N4O3S/c1-15-10-13-14-12(15)20(17,18)16-7-4-3-5-11(9-16)6-8-19-2/h10-11H,3-9H2,1-2H3. The van der Waals surface area contributed by atoms with E-state index in [9.17, 15) is 8.42 Å². The molecule has 0 spiro atoms. The summed E-state index contributed by atoms with van der Waals surface area (Å²) < 4.78 is 33.3. The lowest BCUT2D eigenvalue weighted by molar-refractivity contribution is 0.171. The fourth-order valence-electron chi connectivity index (χ4n) is 2.55. The monoisotopic (exact) mass is 302 g/mol. The number of sulfonamides is 1. The molecule has 1 fully saturated rings. The minimum Gasteiger partial charge on any atom is -0.385 e. The third kappa shape index (κ3) is 3.36.